The molecule has 9 heteroatoms. The fourth-order valence-corrected chi connectivity index (χ4v) is 5.30. The molecule has 0 aromatic heterocycles. The summed E-state index contributed by atoms with van der Waals surface area (Å²) in [6.07, 6.45) is 3.17. The minimum atomic E-state index is -3.64. The Morgan fingerprint density at radius 2 is 1.76 bits per heavy atom. The predicted molar refractivity (Wildman–Crippen MR) is 128 cm³/mol. The largest absolute Gasteiger partial charge is 0.490 e. The van der Waals surface area contributed by atoms with Crippen LogP contribution in [0.1, 0.15) is 43.0 Å². The highest BCUT2D eigenvalue weighted by Crippen LogP contribution is 2.29. The van der Waals surface area contributed by atoms with E-state index < -0.39 is 10.0 Å². The van der Waals surface area contributed by atoms with E-state index in [1.165, 1.54) is 12.1 Å². The monoisotopic (exact) mass is 488 g/mol. The number of carbonyl (C=O) groups is 1. The van der Waals surface area contributed by atoms with E-state index in [1.54, 1.807) is 17.0 Å². The molecule has 0 bridgehead atoms. The van der Waals surface area contributed by atoms with Gasteiger partial charge >= 0.3 is 0 Å². The minimum absolute atomic E-state index is 0.00750. The molecule has 0 radical (unpaired) electrons. The van der Waals surface area contributed by atoms with Gasteiger partial charge in [-0.05, 0) is 56.2 Å². The maximum absolute atomic E-state index is 12.9. The molecule has 2 aromatic rings. The topological polar surface area (TPSA) is 94.2 Å². The number of likely N-dealkylation sites (tertiary alicyclic amines) is 1. The van der Waals surface area contributed by atoms with Gasteiger partial charge in [0.1, 0.15) is 6.10 Å². The third kappa shape index (κ3) is 6.08. The predicted octanol–water partition coefficient (Wildman–Crippen LogP) is 3.23. The molecule has 2 saturated heterocycles. The molecule has 184 valence electrons. The Bertz CT molecular complexity index is 1060. The number of nitrogens with zero attached hydrogens (tertiary/aromatic N) is 1. The molecule has 1 unspecified atom stereocenters. The first-order valence-corrected chi connectivity index (χ1v) is 13.3. The normalized spacial score (nSPS) is 19.2. The first-order chi connectivity index (χ1) is 16.5. The fraction of sp³-hybridized carbons (Fsp3) is 0.480. The average molecular weight is 489 g/mol. The number of amides is 1. The third-order valence-electron chi connectivity index (χ3n) is 6.11. The van der Waals surface area contributed by atoms with Crippen molar-refractivity contribution < 1.29 is 27.4 Å². The van der Waals surface area contributed by atoms with Gasteiger partial charge in [0.25, 0.3) is 5.91 Å². The summed E-state index contributed by atoms with van der Waals surface area (Å²) in [4.78, 5) is 14.9. The van der Waals surface area contributed by atoms with Gasteiger partial charge in [0, 0.05) is 44.6 Å². The summed E-state index contributed by atoms with van der Waals surface area (Å²) in [7, 11) is -3.64. The van der Waals surface area contributed by atoms with Gasteiger partial charge in [0.05, 0.1) is 17.6 Å². The van der Waals surface area contributed by atoms with Crippen molar-refractivity contribution in [3.8, 4) is 11.5 Å². The second kappa shape index (κ2) is 11.2. The smallest absolute Gasteiger partial charge is 0.253 e. The van der Waals surface area contributed by atoms with Crippen LogP contribution in [0.3, 0.4) is 0 Å². The quantitative estimate of drug-likeness (QED) is 0.583. The first kappa shape index (κ1) is 24.5. The third-order valence-corrected chi connectivity index (χ3v) is 7.55. The lowest BCUT2D eigenvalue weighted by Gasteiger charge is -2.32. The molecular weight excluding hydrogens is 456 g/mol. The van der Waals surface area contributed by atoms with Crippen LogP contribution in [0, 0.1) is 0 Å². The van der Waals surface area contributed by atoms with Crippen molar-refractivity contribution in [1.82, 2.24) is 9.62 Å². The Balaban J connectivity index is 1.30. The Morgan fingerprint density at radius 1 is 1.06 bits per heavy atom. The summed E-state index contributed by atoms with van der Waals surface area (Å²) < 4.78 is 44.9. The van der Waals surface area contributed by atoms with E-state index in [-0.39, 0.29) is 29.6 Å². The van der Waals surface area contributed by atoms with Crippen LogP contribution in [0.2, 0.25) is 0 Å². The summed E-state index contributed by atoms with van der Waals surface area (Å²) in [5, 5.41) is 0. The van der Waals surface area contributed by atoms with Gasteiger partial charge in [0.2, 0.25) is 10.0 Å². The molecule has 2 aliphatic heterocycles. The first-order valence-electron chi connectivity index (χ1n) is 11.9. The number of ether oxygens (including phenoxy) is 3. The van der Waals surface area contributed by atoms with Crippen molar-refractivity contribution in [2.45, 2.75) is 49.7 Å². The standard InChI is InChI=1S/C25H32N2O6S/c1-2-31-23-7-3-4-8-24(23)33-20-13-15-27(16-14-20)25(28)19-9-11-22(12-10-19)34(29,30)26-18-21-6-5-17-32-21/h3-4,7-12,20-21,26H,2,5-6,13-18H2,1H3. The Labute approximate surface area is 201 Å². The highest BCUT2D eigenvalue weighted by atomic mass is 32.2. The molecular formula is C25H32N2O6S. The number of hydrogen-bond donors (Lipinski definition) is 1. The second-order valence-corrected chi connectivity index (χ2v) is 10.3. The van der Waals surface area contributed by atoms with E-state index in [0.29, 0.717) is 44.7 Å². The summed E-state index contributed by atoms with van der Waals surface area (Å²) >= 11 is 0. The van der Waals surface area contributed by atoms with Gasteiger partial charge in [-0.25, -0.2) is 13.1 Å². The molecule has 4 rings (SSSR count). The van der Waals surface area contributed by atoms with Crippen LogP contribution in [0.5, 0.6) is 11.5 Å². The summed E-state index contributed by atoms with van der Waals surface area (Å²) in [6.45, 7) is 4.58. The summed E-state index contributed by atoms with van der Waals surface area (Å²) in [6, 6.07) is 13.7. The Kier molecular flexibility index (Phi) is 8.07. The zero-order valence-electron chi connectivity index (χ0n) is 19.4. The highest BCUT2D eigenvalue weighted by molar-refractivity contribution is 7.89. The number of benzene rings is 2. The van der Waals surface area contributed by atoms with E-state index in [4.69, 9.17) is 14.2 Å². The fourth-order valence-electron chi connectivity index (χ4n) is 4.23. The van der Waals surface area contributed by atoms with Crippen LogP contribution in [0.15, 0.2) is 53.4 Å². The number of hydrogen-bond acceptors (Lipinski definition) is 6. The summed E-state index contributed by atoms with van der Waals surface area (Å²) in [5.74, 6) is 1.34. The SMILES string of the molecule is CCOc1ccccc1OC1CCN(C(=O)c2ccc(S(=O)(=O)NCC3CCCO3)cc2)CC1. The van der Waals surface area contributed by atoms with E-state index in [0.717, 1.165) is 24.3 Å². The molecule has 2 aliphatic rings. The number of nitrogens with one attached hydrogen (secondary N) is 1. The molecule has 1 N–H and O–H groups in total. The second-order valence-electron chi connectivity index (χ2n) is 8.50. The number of sulfonamides is 1. The van der Waals surface area contributed by atoms with Crippen molar-refractivity contribution in [1.29, 1.82) is 0 Å². The van der Waals surface area contributed by atoms with Crippen LogP contribution >= 0.6 is 0 Å². The zero-order valence-corrected chi connectivity index (χ0v) is 20.3. The van der Waals surface area contributed by atoms with Gasteiger partial charge in [-0.2, -0.15) is 0 Å². The molecule has 2 heterocycles. The lowest BCUT2D eigenvalue weighted by molar-refractivity contribution is 0.0589. The van der Waals surface area contributed by atoms with E-state index in [9.17, 15) is 13.2 Å². The van der Waals surface area contributed by atoms with Crippen molar-refractivity contribution in [2.75, 3.05) is 32.8 Å². The molecule has 0 saturated carbocycles. The van der Waals surface area contributed by atoms with Gasteiger partial charge in [0.15, 0.2) is 11.5 Å². The van der Waals surface area contributed by atoms with E-state index >= 15 is 0 Å². The van der Waals surface area contributed by atoms with Crippen molar-refractivity contribution in [3.63, 3.8) is 0 Å². The summed E-state index contributed by atoms with van der Waals surface area (Å²) in [5.41, 5.74) is 0.471. The number of carbonyl (C=O) groups excluding carboxylic acids is 1. The average Bonchev–Trinajstić information content (AvgIpc) is 3.38. The minimum Gasteiger partial charge on any atom is -0.490 e. The van der Waals surface area contributed by atoms with Crippen molar-refractivity contribution >= 4 is 15.9 Å². The Hall–Kier alpha value is -2.62. The van der Waals surface area contributed by atoms with Crippen LogP contribution in [-0.4, -0.2) is 64.3 Å². The van der Waals surface area contributed by atoms with Crippen molar-refractivity contribution in [2.24, 2.45) is 0 Å². The molecule has 1 atom stereocenters. The number of rotatable bonds is 9. The van der Waals surface area contributed by atoms with Crippen LogP contribution in [-0.2, 0) is 14.8 Å². The zero-order chi connectivity index (χ0) is 24.0. The highest BCUT2D eigenvalue weighted by Gasteiger charge is 2.26. The number of para-hydroxylation sites is 2. The van der Waals surface area contributed by atoms with Crippen LogP contribution in [0.4, 0.5) is 0 Å². The van der Waals surface area contributed by atoms with Crippen LogP contribution < -0.4 is 14.2 Å². The Morgan fingerprint density at radius 3 is 2.41 bits per heavy atom. The molecule has 2 fully saturated rings. The number of piperidine rings is 1. The van der Waals surface area contributed by atoms with Gasteiger partial charge < -0.3 is 19.1 Å². The van der Waals surface area contributed by atoms with Gasteiger partial charge in [-0.3, -0.25) is 4.79 Å². The molecule has 0 aliphatic carbocycles. The molecule has 2 aromatic carbocycles. The van der Waals surface area contributed by atoms with E-state index in [1.807, 2.05) is 31.2 Å². The lowest BCUT2D eigenvalue weighted by Crippen LogP contribution is -2.41. The van der Waals surface area contributed by atoms with Gasteiger partial charge in [-0.1, -0.05) is 12.1 Å². The van der Waals surface area contributed by atoms with Gasteiger partial charge in [-0.15, -0.1) is 0 Å². The molecule has 0 spiro atoms. The van der Waals surface area contributed by atoms with Crippen molar-refractivity contribution in [3.05, 3.63) is 54.1 Å². The molecule has 1 amide bonds. The van der Waals surface area contributed by atoms with Crippen LogP contribution in [0.25, 0.3) is 0 Å². The maximum atomic E-state index is 12.9. The molecule has 8 nitrogen and oxygen atoms in total. The van der Waals surface area contributed by atoms with E-state index in [2.05, 4.69) is 4.72 Å². The molecule has 34 heavy (non-hydrogen) atoms. The lowest BCUT2D eigenvalue weighted by atomic mass is 10.1. The maximum Gasteiger partial charge on any atom is 0.253 e.